The van der Waals surface area contributed by atoms with Gasteiger partial charge in [-0.25, -0.2) is 4.79 Å². The number of halogens is 3. The van der Waals surface area contributed by atoms with Crippen molar-refractivity contribution in [3.05, 3.63) is 94.5 Å². The molecule has 0 unspecified atom stereocenters. The van der Waals surface area contributed by atoms with E-state index in [4.69, 9.17) is 11.6 Å². The van der Waals surface area contributed by atoms with E-state index in [-0.39, 0.29) is 24.8 Å². The summed E-state index contributed by atoms with van der Waals surface area (Å²) in [6.45, 7) is 1.29. The van der Waals surface area contributed by atoms with Crippen molar-refractivity contribution in [3.63, 3.8) is 0 Å². The van der Waals surface area contributed by atoms with Crippen LogP contribution in [0, 0.1) is 0 Å². The first-order valence-corrected chi connectivity index (χ1v) is 11.1. The van der Waals surface area contributed by atoms with Crippen molar-refractivity contribution in [1.82, 2.24) is 0 Å². The Hall–Kier alpha value is -3.78. The molecule has 3 aromatic rings. The van der Waals surface area contributed by atoms with Gasteiger partial charge in [-0.05, 0) is 61.0 Å². The Morgan fingerprint density at radius 3 is 2.11 bits per heavy atom. The van der Waals surface area contributed by atoms with Crippen LogP contribution in [0.5, 0.6) is 0 Å². The van der Waals surface area contributed by atoms with Crippen LogP contribution in [-0.4, -0.2) is 31.4 Å². The van der Waals surface area contributed by atoms with E-state index < -0.39 is 17.5 Å². The first kappa shape index (κ1) is 25.8. The standard InChI is InChI=1S/C26H23ClF2N2O4/c1-3-35-25(34)26(28,29)19-8-4-17(5-9-19)16-23(32)30-21-12-6-18(7-13-21)24(33)31(2)22-14-10-20(27)11-15-22/h4-15H,3,16H2,1-2H3,(H,30,32). The number of rotatable bonds is 8. The molecule has 0 aromatic heterocycles. The summed E-state index contributed by atoms with van der Waals surface area (Å²) in [6, 6.07) is 18.2. The zero-order chi connectivity index (χ0) is 25.6. The molecule has 3 aromatic carbocycles. The Morgan fingerprint density at radius 1 is 0.943 bits per heavy atom. The molecule has 0 aliphatic heterocycles. The fraction of sp³-hybridized carbons (Fsp3) is 0.192. The molecular weight excluding hydrogens is 478 g/mol. The summed E-state index contributed by atoms with van der Waals surface area (Å²) in [5.74, 6) is -5.98. The summed E-state index contributed by atoms with van der Waals surface area (Å²) in [6.07, 6.45) is -0.0642. The lowest BCUT2D eigenvalue weighted by molar-refractivity contribution is -0.173. The van der Waals surface area contributed by atoms with Gasteiger partial charge in [0.1, 0.15) is 0 Å². The second kappa shape index (κ2) is 11.1. The van der Waals surface area contributed by atoms with E-state index in [9.17, 15) is 23.2 Å². The van der Waals surface area contributed by atoms with Crippen LogP contribution in [-0.2, 0) is 26.7 Å². The summed E-state index contributed by atoms with van der Waals surface area (Å²) < 4.78 is 32.6. The number of anilines is 2. The average molecular weight is 501 g/mol. The van der Waals surface area contributed by atoms with Crippen molar-refractivity contribution >= 4 is 40.8 Å². The monoisotopic (exact) mass is 500 g/mol. The molecule has 0 radical (unpaired) electrons. The van der Waals surface area contributed by atoms with Gasteiger partial charge in [0.15, 0.2) is 0 Å². The van der Waals surface area contributed by atoms with Gasteiger partial charge in [0.2, 0.25) is 5.91 Å². The largest absolute Gasteiger partial charge is 0.461 e. The van der Waals surface area contributed by atoms with E-state index in [1.165, 1.54) is 24.0 Å². The SMILES string of the molecule is CCOC(=O)C(F)(F)c1ccc(CC(=O)Nc2ccc(C(=O)N(C)c3ccc(Cl)cc3)cc2)cc1. The molecule has 0 fully saturated rings. The average Bonchev–Trinajstić information content (AvgIpc) is 2.84. The summed E-state index contributed by atoms with van der Waals surface area (Å²) in [5.41, 5.74) is 1.57. The molecule has 0 heterocycles. The third kappa shape index (κ3) is 6.42. The van der Waals surface area contributed by atoms with Gasteiger partial charge in [-0.1, -0.05) is 35.9 Å². The third-order valence-corrected chi connectivity index (χ3v) is 5.40. The zero-order valence-corrected chi connectivity index (χ0v) is 19.8. The summed E-state index contributed by atoms with van der Waals surface area (Å²) >= 11 is 5.88. The molecule has 9 heteroatoms. The van der Waals surface area contributed by atoms with Crippen molar-refractivity contribution in [1.29, 1.82) is 0 Å². The predicted molar refractivity (Wildman–Crippen MR) is 130 cm³/mol. The van der Waals surface area contributed by atoms with Crippen molar-refractivity contribution in [3.8, 4) is 0 Å². The fourth-order valence-corrected chi connectivity index (χ4v) is 3.36. The van der Waals surface area contributed by atoms with Crippen LogP contribution in [0.1, 0.15) is 28.4 Å². The zero-order valence-electron chi connectivity index (χ0n) is 19.1. The van der Waals surface area contributed by atoms with Gasteiger partial charge < -0.3 is 15.0 Å². The Balaban J connectivity index is 1.59. The molecule has 3 rings (SSSR count). The molecule has 0 spiro atoms. The molecule has 35 heavy (non-hydrogen) atoms. The number of ether oxygens (including phenoxy) is 1. The van der Waals surface area contributed by atoms with Crippen LogP contribution >= 0.6 is 11.6 Å². The number of carbonyl (C=O) groups is 3. The molecule has 1 N–H and O–H groups in total. The minimum absolute atomic E-state index is 0.0642. The lowest BCUT2D eigenvalue weighted by Gasteiger charge is -2.17. The van der Waals surface area contributed by atoms with Crippen LogP contribution < -0.4 is 10.2 Å². The molecule has 0 saturated heterocycles. The van der Waals surface area contributed by atoms with Crippen LogP contribution in [0.4, 0.5) is 20.2 Å². The maximum Gasteiger partial charge on any atom is 0.381 e. The van der Waals surface area contributed by atoms with Gasteiger partial charge in [-0.3, -0.25) is 9.59 Å². The second-order valence-electron chi connectivity index (χ2n) is 7.63. The van der Waals surface area contributed by atoms with Crippen molar-refractivity contribution < 1.29 is 27.9 Å². The molecule has 0 aliphatic rings. The topological polar surface area (TPSA) is 75.7 Å². The highest BCUT2D eigenvalue weighted by Gasteiger charge is 2.42. The molecule has 2 amide bonds. The molecule has 0 bridgehead atoms. The van der Waals surface area contributed by atoms with Gasteiger partial charge >= 0.3 is 11.9 Å². The number of nitrogens with zero attached hydrogens (tertiary/aromatic N) is 1. The fourth-order valence-electron chi connectivity index (χ4n) is 3.23. The Labute approximate surface area is 206 Å². The normalized spacial score (nSPS) is 11.0. The first-order valence-electron chi connectivity index (χ1n) is 10.7. The number of hydrogen-bond acceptors (Lipinski definition) is 4. The lowest BCUT2D eigenvalue weighted by atomic mass is 10.0. The van der Waals surface area contributed by atoms with E-state index in [0.717, 1.165) is 12.1 Å². The molecule has 182 valence electrons. The van der Waals surface area contributed by atoms with Gasteiger partial charge in [-0.15, -0.1) is 0 Å². The number of amides is 2. The number of benzene rings is 3. The number of alkyl halides is 2. The summed E-state index contributed by atoms with van der Waals surface area (Å²) in [7, 11) is 1.65. The predicted octanol–water partition coefficient (Wildman–Crippen LogP) is 5.45. The van der Waals surface area contributed by atoms with E-state index in [2.05, 4.69) is 10.1 Å². The van der Waals surface area contributed by atoms with Crippen LogP contribution in [0.2, 0.25) is 5.02 Å². The highest BCUT2D eigenvalue weighted by molar-refractivity contribution is 6.30. The molecule has 0 atom stereocenters. The summed E-state index contributed by atoms with van der Waals surface area (Å²) in [4.78, 5) is 38.0. The van der Waals surface area contributed by atoms with Crippen molar-refractivity contribution in [2.24, 2.45) is 0 Å². The molecule has 0 aliphatic carbocycles. The van der Waals surface area contributed by atoms with Gasteiger partial charge in [0, 0.05) is 34.6 Å². The van der Waals surface area contributed by atoms with E-state index in [1.807, 2.05) is 0 Å². The molecule has 6 nitrogen and oxygen atoms in total. The minimum atomic E-state index is -3.77. The second-order valence-corrected chi connectivity index (χ2v) is 8.07. The van der Waals surface area contributed by atoms with E-state index >= 15 is 0 Å². The Morgan fingerprint density at radius 2 is 1.54 bits per heavy atom. The number of nitrogens with one attached hydrogen (secondary N) is 1. The molecular formula is C26H23ClF2N2O4. The highest BCUT2D eigenvalue weighted by atomic mass is 35.5. The third-order valence-electron chi connectivity index (χ3n) is 5.15. The van der Waals surface area contributed by atoms with Crippen molar-refractivity contribution in [2.45, 2.75) is 19.3 Å². The lowest BCUT2D eigenvalue weighted by Crippen LogP contribution is -2.28. The van der Waals surface area contributed by atoms with E-state index in [0.29, 0.717) is 27.5 Å². The van der Waals surface area contributed by atoms with Crippen LogP contribution in [0.3, 0.4) is 0 Å². The van der Waals surface area contributed by atoms with Crippen molar-refractivity contribution in [2.75, 3.05) is 23.9 Å². The van der Waals surface area contributed by atoms with Crippen LogP contribution in [0.15, 0.2) is 72.8 Å². The van der Waals surface area contributed by atoms with Gasteiger partial charge in [0.05, 0.1) is 13.0 Å². The van der Waals surface area contributed by atoms with Gasteiger partial charge in [0.25, 0.3) is 5.91 Å². The smallest absolute Gasteiger partial charge is 0.381 e. The quantitative estimate of drug-likeness (QED) is 0.417. The van der Waals surface area contributed by atoms with Gasteiger partial charge in [-0.2, -0.15) is 8.78 Å². The number of hydrogen-bond donors (Lipinski definition) is 1. The number of esters is 1. The van der Waals surface area contributed by atoms with Crippen LogP contribution in [0.25, 0.3) is 0 Å². The molecule has 0 saturated carbocycles. The summed E-state index contributed by atoms with van der Waals surface area (Å²) in [5, 5.41) is 3.27. The van der Waals surface area contributed by atoms with E-state index in [1.54, 1.807) is 55.6 Å². The maximum atomic E-state index is 14.1. The first-order chi connectivity index (χ1) is 16.6. The Kier molecular flexibility index (Phi) is 8.19. The highest BCUT2D eigenvalue weighted by Crippen LogP contribution is 2.29. The maximum absolute atomic E-state index is 14.1. The number of carbonyl (C=O) groups excluding carboxylic acids is 3. The minimum Gasteiger partial charge on any atom is -0.461 e. The Bertz CT molecular complexity index is 1200.